The fourth-order valence-electron chi connectivity index (χ4n) is 2.05. The predicted octanol–water partition coefficient (Wildman–Crippen LogP) is 6.41. The van der Waals surface area contributed by atoms with Crippen molar-refractivity contribution in [3.05, 3.63) is 51.5 Å². The summed E-state index contributed by atoms with van der Waals surface area (Å²) in [5.74, 6) is -0.533. The normalized spacial score (nSPS) is 12.9. The van der Waals surface area contributed by atoms with Crippen LogP contribution in [-0.4, -0.2) is 13.9 Å². The molecule has 0 N–H and O–H groups in total. The lowest BCUT2D eigenvalue weighted by molar-refractivity contribution is -0.137. The summed E-state index contributed by atoms with van der Waals surface area (Å²) < 4.78 is 104. The Labute approximate surface area is 159 Å². The zero-order chi connectivity index (χ0) is 20.8. The first-order chi connectivity index (χ1) is 12.1. The summed E-state index contributed by atoms with van der Waals surface area (Å²) >= 11 is 11.5. The molecular formula is C15H8Cl2F6O3S. The molecule has 0 aliphatic carbocycles. The molecule has 0 amide bonds. The molecule has 0 aliphatic rings. The number of hydrogen-bond donors (Lipinski definition) is 0. The molecule has 0 saturated heterocycles. The Morgan fingerprint density at radius 3 is 1.85 bits per heavy atom. The van der Waals surface area contributed by atoms with Crippen LogP contribution in [0.25, 0.3) is 0 Å². The third-order valence-electron chi connectivity index (χ3n) is 3.29. The van der Waals surface area contributed by atoms with E-state index in [0.29, 0.717) is 18.2 Å². The minimum absolute atomic E-state index is 0.169. The van der Waals surface area contributed by atoms with E-state index >= 15 is 0 Å². The molecule has 0 spiro atoms. The van der Waals surface area contributed by atoms with Crippen molar-refractivity contribution in [3.8, 4) is 11.5 Å². The van der Waals surface area contributed by atoms with Crippen molar-refractivity contribution in [2.45, 2.75) is 23.5 Å². The zero-order valence-corrected chi connectivity index (χ0v) is 15.4. The van der Waals surface area contributed by atoms with Crippen LogP contribution in [0.2, 0.25) is 10.0 Å². The lowest BCUT2D eigenvalue weighted by Gasteiger charge is -2.15. The number of benzene rings is 2. The average molecular weight is 453 g/mol. The monoisotopic (exact) mass is 452 g/mol. The van der Waals surface area contributed by atoms with Gasteiger partial charge in [-0.05, 0) is 42.8 Å². The van der Waals surface area contributed by atoms with E-state index in [9.17, 15) is 34.8 Å². The van der Waals surface area contributed by atoms with Gasteiger partial charge >= 0.3 is 11.7 Å². The van der Waals surface area contributed by atoms with Crippen LogP contribution in [-0.2, 0) is 16.0 Å². The van der Waals surface area contributed by atoms with Crippen LogP contribution in [0.3, 0.4) is 0 Å². The minimum atomic E-state index is -5.57. The Balaban J connectivity index is 2.42. The van der Waals surface area contributed by atoms with Crippen molar-refractivity contribution in [1.29, 1.82) is 0 Å². The van der Waals surface area contributed by atoms with E-state index in [1.807, 2.05) is 0 Å². The van der Waals surface area contributed by atoms with Crippen LogP contribution in [0.5, 0.6) is 11.5 Å². The van der Waals surface area contributed by atoms with Crippen molar-refractivity contribution < 1.29 is 39.5 Å². The van der Waals surface area contributed by atoms with Crippen LogP contribution < -0.4 is 4.74 Å². The molecule has 0 fully saturated rings. The molecule has 0 saturated carbocycles. The molecule has 148 valence electrons. The fourth-order valence-corrected chi connectivity index (χ4v) is 3.59. The van der Waals surface area contributed by atoms with E-state index in [1.165, 1.54) is 0 Å². The third-order valence-corrected chi connectivity index (χ3v) is 5.49. The summed E-state index contributed by atoms with van der Waals surface area (Å²) in [6, 6.07) is 3.66. The zero-order valence-electron chi connectivity index (χ0n) is 13.0. The van der Waals surface area contributed by atoms with Gasteiger partial charge in [0.2, 0.25) is 0 Å². The number of hydrogen-bond acceptors (Lipinski definition) is 3. The molecule has 0 unspecified atom stereocenters. The largest absolute Gasteiger partial charge is 0.501 e. The molecule has 2 aromatic rings. The molecule has 0 bridgehead atoms. The maximum absolute atomic E-state index is 12.7. The maximum Gasteiger partial charge on any atom is 0.501 e. The van der Waals surface area contributed by atoms with Crippen molar-refractivity contribution in [1.82, 2.24) is 0 Å². The van der Waals surface area contributed by atoms with Crippen LogP contribution in [0.15, 0.2) is 35.2 Å². The topological polar surface area (TPSA) is 43.4 Å². The highest BCUT2D eigenvalue weighted by Gasteiger charge is 2.47. The van der Waals surface area contributed by atoms with Gasteiger partial charge in [0.25, 0.3) is 9.84 Å². The summed E-state index contributed by atoms with van der Waals surface area (Å²) in [7, 11) is -5.57. The summed E-state index contributed by atoms with van der Waals surface area (Å²) in [6.45, 7) is 1.10. The Hall–Kier alpha value is -1.65. The lowest BCUT2D eigenvalue weighted by Crippen LogP contribution is -2.24. The second kappa shape index (κ2) is 7.06. The second-order valence-corrected chi connectivity index (χ2v) is 7.97. The Bertz CT molecular complexity index is 961. The Kier molecular flexibility index (Phi) is 5.66. The number of alkyl halides is 6. The lowest BCUT2D eigenvalue weighted by atomic mass is 10.2. The van der Waals surface area contributed by atoms with E-state index in [1.54, 1.807) is 0 Å². The van der Waals surface area contributed by atoms with Crippen LogP contribution in [0.4, 0.5) is 26.3 Å². The van der Waals surface area contributed by atoms with Gasteiger partial charge in [0.1, 0.15) is 5.75 Å². The maximum atomic E-state index is 12.7. The Morgan fingerprint density at radius 2 is 1.44 bits per heavy atom. The number of aryl methyl sites for hydroxylation is 1. The highest BCUT2D eigenvalue weighted by Crippen LogP contribution is 2.42. The standard InChI is InChI=1S/C15H8Cl2F6O3S/c1-7-4-9(2-3-12(7)27(24,25)15(21,22)23)26-13-10(16)5-8(6-11(13)17)14(18,19)20/h2-6H,1H3. The highest BCUT2D eigenvalue weighted by molar-refractivity contribution is 7.92. The molecule has 2 rings (SSSR count). The smallest absolute Gasteiger partial charge is 0.454 e. The minimum Gasteiger partial charge on any atom is -0.454 e. The van der Waals surface area contributed by atoms with E-state index in [4.69, 9.17) is 27.9 Å². The molecule has 3 nitrogen and oxygen atoms in total. The van der Waals surface area contributed by atoms with Gasteiger partial charge in [0.15, 0.2) is 5.75 Å². The third kappa shape index (κ3) is 4.44. The molecule has 0 atom stereocenters. The van der Waals surface area contributed by atoms with Gasteiger partial charge in [-0.3, -0.25) is 0 Å². The van der Waals surface area contributed by atoms with E-state index < -0.39 is 42.0 Å². The predicted molar refractivity (Wildman–Crippen MR) is 86.0 cm³/mol. The number of ether oxygens (including phenoxy) is 1. The van der Waals surface area contributed by atoms with E-state index in [-0.39, 0.29) is 17.1 Å². The summed E-state index contributed by atoms with van der Waals surface area (Å²) in [4.78, 5) is -0.980. The van der Waals surface area contributed by atoms with Crippen LogP contribution in [0.1, 0.15) is 11.1 Å². The molecule has 0 aliphatic heterocycles. The molecule has 12 heteroatoms. The van der Waals surface area contributed by atoms with Gasteiger partial charge in [-0.15, -0.1) is 0 Å². The van der Waals surface area contributed by atoms with Gasteiger partial charge in [-0.25, -0.2) is 8.42 Å². The fraction of sp³-hybridized carbons (Fsp3) is 0.200. The summed E-state index contributed by atoms with van der Waals surface area (Å²) in [5, 5.41) is -0.973. The molecule has 0 radical (unpaired) electrons. The molecular weight excluding hydrogens is 445 g/mol. The summed E-state index contributed by atoms with van der Waals surface area (Å²) in [5.41, 5.74) is -6.89. The number of sulfone groups is 1. The van der Waals surface area contributed by atoms with Crippen molar-refractivity contribution in [2.75, 3.05) is 0 Å². The second-order valence-electron chi connectivity index (χ2n) is 5.25. The molecule has 2 aromatic carbocycles. The van der Waals surface area contributed by atoms with Crippen LogP contribution in [0, 0.1) is 6.92 Å². The Morgan fingerprint density at radius 1 is 0.926 bits per heavy atom. The van der Waals surface area contributed by atoms with Gasteiger partial charge in [-0.1, -0.05) is 23.2 Å². The van der Waals surface area contributed by atoms with Gasteiger partial charge in [0.05, 0.1) is 20.5 Å². The first-order valence-electron chi connectivity index (χ1n) is 6.80. The summed E-state index contributed by atoms with van der Waals surface area (Å²) in [6.07, 6.45) is -4.70. The first-order valence-corrected chi connectivity index (χ1v) is 9.04. The van der Waals surface area contributed by atoms with E-state index in [0.717, 1.165) is 19.1 Å². The molecule has 0 aromatic heterocycles. The molecule has 27 heavy (non-hydrogen) atoms. The quantitative estimate of drug-likeness (QED) is 0.505. The average Bonchev–Trinajstić information content (AvgIpc) is 2.48. The molecule has 0 heterocycles. The van der Waals surface area contributed by atoms with Gasteiger partial charge < -0.3 is 4.74 Å². The van der Waals surface area contributed by atoms with Crippen molar-refractivity contribution >= 4 is 33.0 Å². The number of rotatable bonds is 3. The first kappa shape index (κ1) is 21.6. The number of halogens is 8. The van der Waals surface area contributed by atoms with Gasteiger partial charge in [0, 0.05) is 0 Å². The highest BCUT2D eigenvalue weighted by atomic mass is 35.5. The van der Waals surface area contributed by atoms with Gasteiger partial charge in [-0.2, -0.15) is 26.3 Å². The SMILES string of the molecule is Cc1cc(Oc2c(Cl)cc(C(F)(F)F)cc2Cl)ccc1S(=O)(=O)C(F)(F)F. The van der Waals surface area contributed by atoms with Crippen molar-refractivity contribution in [3.63, 3.8) is 0 Å². The van der Waals surface area contributed by atoms with Crippen LogP contribution >= 0.6 is 23.2 Å². The van der Waals surface area contributed by atoms with Crippen molar-refractivity contribution in [2.24, 2.45) is 0 Å². The van der Waals surface area contributed by atoms with E-state index in [2.05, 4.69) is 0 Å².